The van der Waals surface area contributed by atoms with E-state index in [1.54, 1.807) is 0 Å². The van der Waals surface area contributed by atoms with Crippen LogP contribution in [0.25, 0.3) is 10.9 Å². The van der Waals surface area contributed by atoms with Gasteiger partial charge >= 0.3 is 5.69 Å². The lowest BCUT2D eigenvalue weighted by molar-refractivity contribution is 0.405. The maximum absolute atomic E-state index is 12.6. The summed E-state index contributed by atoms with van der Waals surface area (Å²) in [6.45, 7) is 0.228. The number of fused-ring (bicyclic) bond motifs is 1. The molecule has 138 valence electrons. The molecule has 0 radical (unpaired) electrons. The lowest BCUT2D eigenvalue weighted by atomic mass is 9.99. The van der Waals surface area contributed by atoms with E-state index in [2.05, 4.69) is 14.7 Å². The molecule has 0 bridgehead atoms. The molecule has 1 atom stereocenters. The van der Waals surface area contributed by atoms with Crippen LogP contribution in [0.15, 0.2) is 32.7 Å². The summed E-state index contributed by atoms with van der Waals surface area (Å²) in [7, 11) is -3.80. The Kier molecular flexibility index (Phi) is 6.04. The number of rotatable bonds is 5. The molecule has 0 saturated heterocycles. The van der Waals surface area contributed by atoms with Crippen LogP contribution in [0.3, 0.4) is 0 Å². The summed E-state index contributed by atoms with van der Waals surface area (Å²) >= 11 is 0. The average molecular weight is 389 g/mol. The van der Waals surface area contributed by atoms with Gasteiger partial charge in [0.15, 0.2) is 0 Å². The fraction of sp³-hybridized carbons (Fsp3) is 0.467. The first kappa shape index (κ1) is 19.6. The van der Waals surface area contributed by atoms with Gasteiger partial charge in [-0.3, -0.25) is 9.78 Å². The highest BCUT2D eigenvalue weighted by molar-refractivity contribution is 7.89. The van der Waals surface area contributed by atoms with Crippen molar-refractivity contribution in [2.75, 3.05) is 6.54 Å². The summed E-state index contributed by atoms with van der Waals surface area (Å²) in [4.78, 5) is 27.6. The number of aromatic nitrogens is 2. The number of hydrogen-bond donors (Lipinski definition) is 4. The fourth-order valence-electron chi connectivity index (χ4n) is 3.28. The van der Waals surface area contributed by atoms with Gasteiger partial charge in [0.25, 0.3) is 5.56 Å². The van der Waals surface area contributed by atoms with Crippen LogP contribution in [0.5, 0.6) is 0 Å². The molecule has 0 spiro atoms. The number of nitrogens with two attached hydrogens (primary N) is 1. The lowest BCUT2D eigenvalue weighted by Gasteiger charge is -2.23. The van der Waals surface area contributed by atoms with E-state index in [0.717, 1.165) is 25.7 Å². The minimum Gasteiger partial charge on any atom is -0.329 e. The number of aromatic amines is 2. The first-order valence-corrected chi connectivity index (χ1v) is 9.38. The number of sulfonamides is 1. The lowest BCUT2D eigenvalue weighted by Crippen LogP contribution is -2.44. The number of hydrogen-bond acceptors (Lipinski definition) is 5. The van der Waals surface area contributed by atoms with Crippen LogP contribution in [-0.2, 0) is 10.0 Å². The molecular formula is C15H21ClN4O4S. The molecule has 1 fully saturated rings. The zero-order valence-electron chi connectivity index (χ0n) is 13.4. The van der Waals surface area contributed by atoms with E-state index in [1.165, 1.54) is 18.2 Å². The Morgan fingerprint density at radius 1 is 1.20 bits per heavy atom. The van der Waals surface area contributed by atoms with Gasteiger partial charge in [-0.15, -0.1) is 12.4 Å². The van der Waals surface area contributed by atoms with Crippen LogP contribution in [-0.4, -0.2) is 31.0 Å². The van der Waals surface area contributed by atoms with Crippen molar-refractivity contribution in [2.45, 2.75) is 36.6 Å². The molecular weight excluding hydrogens is 368 g/mol. The first-order valence-electron chi connectivity index (χ1n) is 7.89. The van der Waals surface area contributed by atoms with Gasteiger partial charge in [-0.2, -0.15) is 0 Å². The molecule has 1 saturated carbocycles. The number of nitrogens with one attached hydrogen (secondary N) is 3. The largest absolute Gasteiger partial charge is 0.329 e. The Morgan fingerprint density at radius 2 is 1.88 bits per heavy atom. The number of H-pyrrole nitrogens is 2. The van der Waals surface area contributed by atoms with E-state index in [0.29, 0.717) is 0 Å². The molecule has 3 rings (SSSR count). The van der Waals surface area contributed by atoms with Crippen molar-refractivity contribution in [3.8, 4) is 0 Å². The maximum atomic E-state index is 12.6. The molecule has 0 aliphatic heterocycles. The van der Waals surface area contributed by atoms with Crippen molar-refractivity contribution >= 4 is 33.3 Å². The SMILES string of the molecule is Cl.NCC(NS(=O)(=O)c1ccc2[nH]c(=O)[nH]c(=O)c2c1)C1CCCC1. The monoisotopic (exact) mass is 388 g/mol. The molecule has 8 nitrogen and oxygen atoms in total. The molecule has 5 N–H and O–H groups in total. The van der Waals surface area contributed by atoms with Crippen molar-refractivity contribution < 1.29 is 8.42 Å². The van der Waals surface area contributed by atoms with Gasteiger partial charge in [-0.1, -0.05) is 12.8 Å². The number of benzene rings is 1. The topological polar surface area (TPSA) is 138 Å². The van der Waals surface area contributed by atoms with E-state index in [-0.39, 0.29) is 46.7 Å². The smallest absolute Gasteiger partial charge is 0.326 e. The van der Waals surface area contributed by atoms with Crippen LogP contribution in [0, 0.1) is 5.92 Å². The van der Waals surface area contributed by atoms with Gasteiger partial charge in [0, 0.05) is 12.6 Å². The Labute approximate surface area is 150 Å². The van der Waals surface area contributed by atoms with Gasteiger partial charge in [0.1, 0.15) is 0 Å². The summed E-state index contributed by atoms with van der Waals surface area (Å²) in [5.41, 5.74) is 4.77. The second-order valence-corrected chi connectivity index (χ2v) is 7.84. The van der Waals surface area contributed by atoms with Crippen molar-refractivity contribution in [3.05, 3.63) is 39.0 Å². The molecule has 1 aliphatic rings. The predicted molar refractivity (Wildman–Crippen MR) is 97.6 cm³/mol. The second kappa shape index (κ2) is 7.69. The third kappa shape index (κ3) is 4.12. The Bertz CT molecular complexity index is 963. The maximum Gasteiger partial charge on any atom is 0.326 e. The third-order valence-corrected chi connectivity index (χ3v) is 6.04. The minimum absolute atomic E-state index is 0. The highest BCUT2D eigenvalue weighted by Gasteiger charge is 2.28. The van der Waals surface area contributed by atoms with E-state index in [9.17, 15) is 18.0 Å². The van der Waals surface area contributed by atoms with Crippen LogP contribution in [0.2, 0.25) is 0 Å². The summed E-state index contributed by atoms with van der Waals surface area (Å²) in [6.07, 6.45) is 4.09. The Hall–Kier alpha value is -1.68. The molecule has 25 heavy (non-hydrogen) atoms. The van der Waals surface area contributed by atoms with Crippen molar-refractivity contribution in [1.82, 2.24) is 14.7 Å². The summed E-state index contributed by atoms with van der Waals surface area (Å²) in [5.74, 6) is 0.241. The zero-order valence-corrected chi connectivity index (χ0v) is 15.1. The van der Waals surface area contributed by atoms with Crippen LogP contribution < -0.4 is 21.7 Å². The van der Waals surface area contributed by atoms with Gasteiger partial charge in [0.2, 0.25) is 10.0 Å². The Balaban J connectivity index is 0.00000225. The quantitative estimate of drug-likeness (QED) is 0.588. The third-order valence-electron chi connectivity index (χ3n) is 4.55. The molecule has 1 heterocycles. The highest BCUT2D eigenvalue weighted by atomic mass is 35.5. The predicted octanol–water partition coefficient (Wildman–Crippen LogP) is 0.434. The Morgan fingerprint density at radius 3 is 2.52 bits per heavy atom. The highest BCUT2D eigenvalue weighted by Crippen LogP contribution is 2.28. The average Bonchev–Trinajstić information content (AvgIpc) is 3.06. The van der Waals surface area contributed by atoms with Crippen LogP contribution >= 0.6 is 12.4 Å². The van der Waals surface area contributed by atoms with Gasteiger partial charge < -0.3 is 10.7 Å². The fourth-order valence-corrected chi connectivity index (χ4v) is 4.62. The normalized spacial score (nSPS) is 16.7. The van der Waals surface area contributed by atoms with Crippen LogP contribution in [0.4, 0.5) is 0 Å². The van der Waals surface area contributed by atoms with E-state index in [1.807, 2.05) is 0 Å². The number of halogens is 1. The summed E-state index contributed by atoms with van der Waals surface area (Å²) in [5, 5.41) is 0.114. The van der Waals surface area contributed by atoms with Gasteiger partial charge in [-0.25, -0.2) is 17.9 Å². The van der Waals surface area contributed by atoms with E-state index < -0.39 is 21.3 Å². The van der Waals surface area contributed by atoms with Crippen molar-refractivity contribution in [3.63, 3.8) is 0 Å². The zero-order chi connectivity index (χ0) is 17.3. The summed E-state index contributed by atoms with van der Waals surface area (Å²) in [6, 6.07) is 3.71. The molecule has 0 amide bonds. The molecule has 1 aliphatic carbocycles. The molecule has 1 unspecified atom stereocenters. The summed E-state index contributed by atoms with van der Waals surface area (Å²) < 4.78 is 27.9. The standard InChI is InChI=1S/C15H20N4O4S.ClH/c16-8-13(9-3-1-2-4-9)19-24(22,23)10-5-6-12-11(7-10)14(20)18-15(21)17-12;/h5-7,9,13,19H,1-4,8,16H2,(H2,17,18,20,21);1H. The van der Waals surface area contributed by atoms with E-state index in [4.69, 9.17) is 5.73 Å². The first-order chi connectivity index (χ1) is 11.4. The molecule has 10 heteroatoms. The second-order valence-electron chi connectivity index (χ2n) is 6.12. The molecule has 1 aromatic carbocycles. The minimum atomic E-state index is -3.80. The van der Waals surface area contributed by atoms with E-state index >= 15 is 0 Å². The van der Waals surface area contributed by atoms with Crippen molar-refractivity contribution in [2.24, 2.45) is 11.7 Å². The van der Waals surface area contributed by atoms with Crippen molar-refractivity contribution in [1.29, 1.82) is 0 Å². The van der Waals surface area contributed by atoms with Gasteiger partial charge in [0.05, 0.1) is 15.8 Å². The van der Waals surface area contributed by atoms with Gasteiger partial charge in [-0.05, 0) is 37.0 Å². The van der Waals surface area contributed by atoms with Crippen LogP contribution in [0.1, 0.15) is 25.7 Å². The molecule has 2 aromatic rings. The molecule has 1 aromatic heterocycles.